The predicted molar refractivity (Wildman–Crippen MR) is 97.9 cm³/mol. The Bertz CT molecular complexity index is 785. The number of aromatic nitrogens is 1. The van der Waals surface area contributed by atoms with Crippen LogP contribution in [0.3, 0.4) is 0 Å². The second-order valence-electron chi connectivity index (χ2n) is 5.05. The second kappa shape index (κ2) is 8.41. The molecular weight excluding hydrogens is 363 g/mol. The minimum absolute atomic E-state index is 0.0243. The SMILES string of the molecule is O=C(Cc1csc(SCc2ccc(F)cc2)n1)NCc1cccs1. The molecule has 0 atom stereocenters. The van der Waals surface area contributed by atoms with E-state index in [2.05, 4.69) is 10.3 Å². The minimum Gasteiger partial charge on any atom is -0.351 e. The van der Waals surface area contributed by atoms with E-state index in [1.807, 2.05) is 22.9 Å². The van der Waals surface area contributed by atoms with Gasteiger partial charge < -0.3 is 5.32 Å². The number of hydrogen-bond acceptors (Lipinski definition) is 5. The molecule has 0 aliphatic heterocycles. The molecule has 0 saturated carbocycles. The third kappa shape index (κ3) is 5.15. The molecule has 24 heavy (non-hydrogen) atoms. The number of benzene rings is 1. The zero-order valence-corrected chi connectivity index (χ0v) is 15.1. The van der Waals surface area contributed by atoms with E-state index in [9.17, 15) is 9.18 Å². The fourth-order valence-electron chi connectivity index (χ4n) is 1.99. The minimum atomic E-state index is -0.228. The molecule has 124 valence electrons. The van der Waals surface area contributed by atoms with Crippen LogP contribution in [0.2, 0.25) is 0 Å². The zero-order valence-electron chi connectivity index (χ0n) is 12.7. The van der Waals surface area contributed by atoms with Crippen LogP contribution < -0.4 is 5.32 Å². The second-order valence-corrected chi connectivity index (χ2v) is 8.17. The molecule has 3 nitrogen and oxygen atoms in total. The van der Waals surface area contributed by atoms with Gasteiger partial charge in [-0.3, -0.25) is 4.79 Å². The summed E-state index contributed by atoms with van der Waals surface area (Å²) < 4.78 is 13.8. The van der Waals surface area contributed by atoms with Crippen LogP contribution in [0.4, 0.5) is 4.39 Å². The first-order valence-corrected chi connectivity index (χ1v) is 10.0. The maximum Gasteiger partial charge on any atom is 0.226 e. The number of amides is 1. The summed E-state index contributed by atoms with van der Waals surface area (Å²) in [5.41, 5.74) is 1.83. The molecule has 1 amide bonds. The quantitative estimate of drug-likeness (QED) is 0.616. The Hall–Kier alpha value is -1.70. The molecule has 0 bridgehead atoms. The maximum absolute atomic E-state index is 12.9. The molecule has 0 aliphatic carbocycles. The van der Waals surface area contributed by atoms with Crippen LogP contribution >= 0.6 is 34.4 Å². The van der Waals surface area contributed by atoms with Crippen molar-refractivity contribution >= 4 is 40.3 Å². The summed E-state index contributed by atoms with van der Waals surface area (Å²) in [6.07, 6.45) is 0.291. The first kappa shape index (κ1) is 17.1. The van der Waals surface area contributed by atoms with Crippen LogP contribution in [0.25, 0.3) is 0 Å². The molecule has 1 aromatic carbocycles. The van der Waals surface area contributed by atoms with Crippen molar-refractivity contribution in [1.29, 1.82) is 0 Å². The Balaban J connectivity index is 1.46. The summed E-state index contributed by atoms with van der Waals surface area (Å²) in [5.74, 6) is 0.482. The summed E-state index contributed by atoms with van der Waals surface area (Å²) in [6.45, 7) is 0.562. The van der Waals surface area contributed by atoms with Crippen molar-refractivity contribution in [2.24, 2.45) is 0 Å². The lowest BCUT2D eigenvalue weighted by molar-refractivity contribution is -0.120. The van der Waals surface area contributed by atoms with E-state index in [0.29, 0.717) is 13.0 Å². The van der Waals surface area contributed by atoms with Crippen molar-refractivity contribution < 1.29 is 9.18 Å². The van der Waals surface area contributed by atoms with Gasteiger partial charge in [-0.2, -0.15) is 0 Å². The van der Waals surface area contributed by atoms with Crippen molar-refractivity contribution in [2.75, 3.05) is 0 Å². The van der Waals surface area contributed by atoms with Gasteiger partial charge in [0.15, 0.2) is 0 Å². The normalized spacial score (nSPS) is 10.7. The van der Waals surface area contributed by atoms with Crippen LogP contribution in [0.5, 0.6) is 0 Å². The predicted octanol–water partition coefficient (Wildman–Crippen LogP) is 4.49. The molecule has 0 fully saturated rings. The molecule has 2 aromatic heterocycles. The Labute approximate surface area is 152 Å². The van der Waals surface area contributed by atoms with Gasteiger partial charge >= 0.3 is 0 Å². The number of rotatable bonds is 7. The molecule has 7 heteroatoms. The molecular formula is C17H15FN2OS3. The molecule has 1 N–H and O–H groups in total. The first-order chi connectivity index (χ1) is 11.7. The highest BCUT2D eigenvalue weighted by atomic mass is 32.2. The lowest BCUT2D eigenvalue weighted by Gasteiger charge is -2.01. The van der Waals surface area contributed by atoms with Crippen LogP contribution in [0.1, 0.15) is 16.1 Å². The molecule has 0 radical (unpaired) electrons. The van der Waals surface area contributed by atoms with E-state index in [0.717, 1.165) is 26.2 Å². The van der Waals surface area contributed by atoms with E-state index in [1.165, 1.54) is 23.5 Å². The summed E-state index contributed by atoms with van der Waals surface area (Å²) in [5, 5.41) is 6.81. The molecule has 0 spiro atoms. The van der Waals surface area contributed by atoms with Gasteiger partial charge in [-0.1, -0.05) is 30.0 Å². The molecule has 0 unspecified atom stereocenters. The van der Waals surface area contributed by atoms with Crippen LogP contribution in [-0.4, -0.2) is 10.9 Å². The van der Waals surface area contributed by atoms with Gasteiger partial charge in [-0.05, 0) is 29.1 Å². The number of hydrogen-bond donors (Lipinski definition) is 1. The Morgan fingerprint density at radius 3 is 2.79 bits per heavy atom. The lowest BCUT2D eigenvalue weighted by Crippen LogP contribution is -2.24. The van der Waals surface area contributed by atoms with E-state index < -0.39 is 0 Å². The van der Waals surface area contributed by atoms with E-state index in [-0.39, 0.29) is 11.7 Å². The lowest BCUT2D eigenvalue weighted by atomic mass is 10.2. The van der Waals surface area contributed by atoms with Crippen molar-refractivity contribution in [1.82, 2.24) is 10.3 Å². The van der Waals surface area contributed by atoms with Gasteiger partial charge in [0.1, 0.15) is 10.2 Å². The smallest absolute Gasteiger partial charge is 0.226 e. The van der Waals surface area contributed by atoms with Gasteiger partial charge in [0.2, 0.25) is 5.91 Å². The van der Waals surface area contributed by atoms with Gasteiger partial charge in [-0.25, -0.2) is 9.37 Å². The number of thioether (sulfide) groups is 1. The Morgan fingerprint density at radius 2 is 2.04 bits per heavy atom. The Kier molecular flexibility index (Phi) is 6.01. The van der Waals surface area contributed by atoms with Crippen LogP contribution in [0, 0.1) is 5.82 Å². The maximum atomic E-state index is 12.9. The number of halogens is 1. The largest absolute Gasteiger partial charge is 0.351 e. The monoisotopic (exact) mass is 378 g/mol. The average molecular weight is 379 g/mol. The van der Waals surface area contributed by atoms with E-state index >= 15 is 0 Å². The molecule has 2 heterocycles. The standard InChI is InChI=1S/C17H15FN2OS3/c18-13-5-3-12(4-6-13)10-23-17-20-14(11-24-17)8-16(21)19-9-15-2-1-7-22-15/h1-7,11H,8-10H2,(H,19,21). The summed E-state index contributed by atoms with van der Waals surface area (Å²) >= 11 is 4.75. The number of carbonyl (C=O) groups is 1. The topological polar surface area (TPSA) is 42.0 Å². The molecule has 3 rings (SSSR count). The van der Waals surface area contributed by atoms with Crippen molar-refractivity contribution in [3.8, 4) is 0 Å². The van der Waals surface area contributed by atoms with Gasteiger partial charge in [0, 0.05) is 16.0 Å². The van der Waals surface area contributed by atoms with Crippen molar-refractivity contribution in [3.63, 3.8) is 0 Å². The number of nitrogens with one attached hydrogen (secondary N) is 1. The highest BCUT2D eigenvalue weighted by molar-refractivity contribution is 8.00. The van der Waals surface area contributed by atoms with Gasteiger partial charge in [-0.15, -0.1) is 22.7 Å². The van der Waals surface area contributed by atoms with E-state index in [4.69, 9.17) is 0 Å². The number of carbonyl (C=O) groups excluding carboxylic acids is 1. The highest BCUT2D eigenvalue weighted by Gasteiger charge is 2.08. The Morgan fingerprint density at radius 1 is 1.21 bits per heavy atom. The molecule has 0 aliphatic rings. The molecule has 3 aromatic rings. The summed E-state index contributed by atoms with van der Waals surface area (Å²) in [7, 11) is 0. The van der Waals surface area contributed by atoms with Gasteiger partial charge in [0.25, 0.3) is 0 Å². The van der Waals surface area contributed by atoms with Crippen molar-refractivity contribution in [3.05, 3.63) is 69.1 Å². The first-order valence-electron chi connectivity index (χ1n) is 7.30. The van der Waals surface area contributed by atoms with Crippen molar-refractivity contribution in [2.45, 2.75) is 23.1 Å². The summed E-state index contributed by atoms with van der Waals surface area (Å²) in [4.78, 5) is 17.6. The van der Waals surface area contributed by atoms with E-state index in [1.54, 1.807) is 35.2 Å². The third-order valence-electron chi connectivity index (χ3n) is 3.19. The number of thiophene rings is 1. The third-order valence-corrected chi connectivity index (χ3v) is 6.21. The zero-order chi connectivity index (χ0) is 16.8. The van der Waals surface area contributed by atoms with Gasteiger partial charge in [0.05, 0.1) is 18.7 Å². The summed E-state index contributed by atoms with van der Waals surface area (Å²) in [6, 6.07) is 10.4. The number of nitrogens with zero attached hydrogens (tertiary/aromatic N) is 1. The fourth-order valence-corrected chi connectivity index (χ4v) is 4.43. The van der Waals surface area contributed by atoms with Crippen LogP contribution in [-0.2, 0) is 23.5 Å². The fraction of sp³-hybridized carbons (Fsp3) is 0.176. The van der Waals surface area contributed by atoms with Crippen LogP contribution in [0.15, 0.2) is 51.5 Å². The highest BCUT2D eigenvalue weighted by Crippen LogP contribution is 2.26. The number of thiazole rings is 1. The molecule has 0 saturated heterocycles. The average Bonchev–Trinajstić information content (AvgIpc) is 3.24.